The number of halogens is 3. The van der Waals surface area contributed by atoms with E-state index in [1.807, 2.05) is 0 Å². The first kappa shape index (κ1) is 12.3. The summed E-state index contributed by atoms with van der Waals surface area (Å²) in [5, 5.41) is 2.16. The van der Waals surface area contributed by atoms with Crippen LogP contribution in [0.15, 0.2) is 5.38 Å². The fourth-order valence-electron chi connectivity index (χ4n) is 0.940. The van der Waals surface area contributed by atoms with Gasteiger partial charge in [-0.3, -0.25) is 0 Å². The van der Waals surface area contributed by atoms with Crippen molar-refractivity contribution in [3.63, 3.8) is 0 Å². The zero-order valence-electron chi connectivity index (χ0n) is 7.88. The molecule has 1 heterocycles. The van der Waals surface area contributed by atoms with Crippen LogP contribution in [-0.4, -0.2) is 17.8 Å². The van der Waals surface area contributed by atoms with Crippen LogP contribution in [0.4, 0.5) is 18.3 Å². The van der Waals surface area contributed by atoms with E-state index in [1.54, 1.807) is 5.38 Å². The number of aromatic nitrogens is 1. The molecule has 2 N–H and O–H groups in total. The van der Waals surface area contributed by atoms with Crippen LogP contribution in [-0.2, 0) is 11.3 Å². The van der Waals surface area contributed by atoms with E-state index in [0.717, 1.165) is 0 Å². The molecule has 0 aliphatic carbocycles. The van der Waals surface area contributed by atoms with Gasteiger partial charge in [0.2, 0.25) is 0 Å². The molecule has 0 unspecified atom stereocenters. The molecule has 0 aliphatic rings. The van der Waals surface area contributed by atoms with Gasteiger partial charge in [0.05, 0.1) is 12.3 Å². The molecule has 86 valence electrons. The number of thiazole rings is 1. The van der Waals surface area contributed by atoms with E-state index in [9.17, 15) is 13.2 Å². The van der Waals surface area contributed by atoms with Gasteiger partial charge in [-0.15, -0.1) is 11.3 Å². The number of rotatable bonds is 5. The molecule has 1 rings (SSSR count). The van der Waals surface area contributed by atoms with Crippen molar-refractivity contribution >= 4 is 16.5 Å². The molecule has 0 atom stereocenters. The minimum absolute atomic E-state index is 0.0247. The van der Waals surface area contributed by atoms with Crippen molar-refractivity contribution in [2.45, 2.75) is 25.6 Å². The quantitative estimate of drug-likeness (QED) is 0.805. The van der Waals surface area contributed by atoms with Crippen molar-refractivity contribution in [2.24, 2.45) is 0 Å². The third-order valence-electron chi connectivity index (χ3n) is 1.57. The maximum absolute atomic E-state index is 11.7. The minimum Gasteiger partial charge on any atom is -0.375 e. The molecule has 0 bridgehead atoms. The topological polar surface area (TPSA) is 48.1 Å². The average Bonchev–Trinajstić information content (AvgIpc) is 2.49. The number of nitrogens with zero attached hydrogens (tertiary/aromatic N) is 1. The van der Waals surface area contributed by atoms with Gasteiger partial charge in [-0.05, 0) is 6.42 Å². The number of hydrogen-bond donors (Lipinski definition) is 1. The lowest BCUT2D eigenvalue weighted by atomic mass is 10.3. The summed E-state index contributed by atoms with van der Waals surface area (Å²) < 4.78 is 40.2. The molecule has 0 saturated carbocycles. The molecule has 0 aromatic carbocycles. The normalized spacial score (nSPS) is 11.9. The smallest absolute Gasteiger partial charge is 0.375 e. The lowest BCUT2D eigenvalue weighted by molar-refractivity contribution is -0.138. The molecule has 0 radical (unpaired) electrons. The van der Waals surface area contributed by atoms with Gasteiger partial charge in [0.25, 0.3) is 0 Å². The predicted molar refractivity (Wildman–Crippen MR) is 51.5 cm³/mol. The molecule has 0 amide bonds. The van der Waals surface area contributed by atoms with Crippen LogP contribution in [0.2, 0.25) is 0 Å². The molecule has 1 aromatic rings. The van der Waals surface area contributed by atoms with E-state index >= 15 is 0 Å². The largest absolute Gasteiger partial charge is 0.389 e. The number of nitrogen functional groups attached to an aromatic ring is 1. The van der Waals surface area contributed by atoms with Crippen LogP contribution in [0.25, 0.3) is 0 Å². The van der Waals surface area contributed by atoms with Crippen molar-refractivity contribution in [1.82, 2.24) is 4.98 Å². The van der Waals surface area contributed by atoms with Crippen LogP contribution in [0.1, 0.15) is 18.5 Å². The second-order valence-electron chi connectivity index (χ2n) is 2.95. The van der Waals surface area contributed by atoms with E-state index in [4.69, 9.17) is 10.5 Å². The first-order chi connectivity index (χ1) is 6.97. The summed E-state index contributed by atoms with van der Waals surface area (Å²) in [7, 11) is 0. The average molecular weight is 240 g/mol. The second-order valence-corrected chi connectivity index (χ2v) is 3.84. The van der Waals surface area contributed by atoms with E-state index in [2.05, 4.69) is 4.98 Å². The molecule has 0 fully saturated rings. The summed E-state index contributed by atoms with van der Waals surface area (Å²) in [4.78, 5) is 3.91. The lowest BCUT2D eigenvalue weighted by Crippen LogP contribution is -2.08. The molecule has 0 aliphatic heterocycles. The molecular formula is C8H11F3N2OS. The van der Waals surface area contributed by atoms with Crippen molar-refractivity contribution in [3.05, 3.63) is 11.1 Å². The van der Waals surface area contributed by atoms with Gasteiger partial charge in [0, 0.05) is 18.4 Å². The van der Waals surface area contributed by atoms with Gasteiger partial charge in [-0.2, -0.15) is 13.2 Å². The van der Waals surface area contributed by atoms with Gasteiger partial charge in [-0.1, -0.05) is 0 Å². The third kappa shape index (κ3) is 5.58. The highest BCUT2D eigenvalue weighted by Gasteiger charge is 2.25. The van der Waals surface area contributed by atoms with Crippen molar-refractivity contribution < 1.29 is 17.9 Å². The number of hydrogen-bond acceptors (Lipinski definition) is 4. The lowest BCUT2D eigenvalue weighted by Gasteiger charge is -2.05. The van der Waals surface area contributed by atoms with Gasteiger partial charge in [0.1, 0.15) is 0 Å². The van der Waals surface area contributed by atoms with Crippen LogP contribution >= 0.6 is 11.3 Å². The van der Waals surface area contributed by atoms with Crippen molar-refractivity contribution in [3.8, 4) is 0 Å². The van der Waals surface area contributed by atoms with Gasteiger partial charge >= 0.3 is 6.18 Å². The van der Waals surface area contributed by atoms with Gasteiger partial charge < -0.3 is 10.5 Å². The van der Waals surface area contributed by atoms with Crippen LogP contribution < -0.4 is 5.73 Å². The Labute approximate surface area is 89.1 Å². The Bertz CT molecular complexity index is 300. The summed E-state index contributed by atoms with van der Waals surface area (Å²) in [5.74, 6) is 0. The van der Waals surface area contributed by atoms with Gasteiger partial charge in [0.15, 0.2) is 5.13 Å². The second kappa shape index (κ2) is 5.32. The number of anilines is 1. The Kier molecular flexibility index (Phi) is 4.34. The van der Waals surface area contributed by atoms with E-state index in [1.165, 1.54) is 11.3 Å². The summed E-state index contributed by atoms with van der Waals surface area (Å²) >= 11 is 1.28. The fraction of sp³-hybridized carbons (Fsp3) is 0.625. The van der Waals surface area contributed by atoms with E-state index < -0.39 is 12.6 Å². The Balaban J connectivity index is 2.07. The standard InChI is InChI=1S/C8H11F3N2OS/c9-8(10,11)2-1-3-14-4-6-5-15-7(12)13-6/h5H,1-4H2,(H2,12,13). The highest BCUT2D eigenvalue weighted by molar-refractivity contribution is 7.13. The first-order valence-electron chi connectivity index (χ1n) is 4.32. The molecular weight excluding hydrogens is 229 g/mol. The molecule has 3 nitrogen and oxygen atoms in total. The minimum atomic E-state index is -4.10. The van der Waals surface area contributed by atoms with Crippen LogP contribution in [0.3, 0.4) is 0 Å². The number of ether oxygens (including phenoxy) is 1. The van der Waals surface area contributed by atoms with Gasteiger partial charge in [-0.25, -0.2) is 4.98 Å². The monoisotopic (exact) mass is 240 g/mol. The third-order valence-corrected chi connectivity index (χ3v) is 2.29. The predicted octanol–water partition coefficient (Wildman–Crippen LogP) is 2.58. The van der Waals surface area contributed by atoms with Crippen LogP contribution in [0.5, 0.6) is 0 Å². The summed E-state index contributed by atoms with van der Waals surface area (Å²) in [6.45, 7) is 0.294. The van der Waals surface area contributed by atoms with Crippen molar-refractivity contribution in [1.29, 1.82) is 0 Å². The fourth-order valence-corrected chi connectivity index (χ4v) is 1.49. The SMILES string of the molecule is Nc1nc(COCCCC(F)(F)F)cs1. The summed E-state index contributed by atoms with van der Waals surface area (Å²) in [6.07, 6.45) is -4.94. The number of nitrogens with two attached hydrogens (primary N) is 1. The maximum Gasteiger partial charge on any atom is 0.389 e. The van der Waals surface area contributed by atoms with E-state index in [-0.39, 0.29) is 19.6 Å². The molecule has 15 heavy (non-hydrogen) atoms. The highest BCUT2D eigenvalue weighted by Crippen LogP contribution is 2.21. The summed E-state index contributed by atoms with van der Waals surface area (Å²) in [6, 6.07) is 0. The molecule has 7 heteroatoms. The highest BCUT2D eigenvalue weighted by atomic mass is 32.1. The van der Waals surface area contributed by atoms with E-state index in [0.29, 0.717) is 10.8 Å². The molecule has 1 aromatic heterocycles. The Morgan fingerprint density at radius 1 is 1.47 bits per heavy atom. The summed E-state index contributed by atoms with van der Waals surface area (Å²) in [5.41, 5.74) is 6.03. The Hall–Kier alpha value is -0.820. The zero-order chi connectivity index (χ0) is 11.3. The zero-order valence-corrected chi connectivity index (χ0v) is 8.70. The molecule has 0 saturated heterocycles. The van der Waals surface area contributed by atoms with Crippen LogP contribution in [0, 0.1) is 0 Å². The first-order valence-corrected chi connectivity index (χ1v) is 5.20. The Morgan fingerprint density at radius 2 is 2.20 bits per heavy atom. The number of alkyl halides is 3. The van der Waals surface area contributed by atoms with Crippen molar-refractivity contribution in [2.75, 3.05) is 12.3 Å². The maximum atomic E-state index is 11.7. The molecule has 0 spiro atoms. The Morgan fingerprint density at radius 3 is 2.73 bits per heavy atom.